The van der Waals surface area contributed by atoms with Gasteiger partial charge in [-0.05, 0) is 30.5 Å². The number of rotatable bonds is 4. The number of aliphatic hydroxyl groups excluding tert-OH is 1. The molecule has 1 aromatic carbocycles. The number of aryl methyl sites for hydroxylation is 2. The van der Waals surface area contributed by atoms with Gasteiger partial charge in [0.15, 0.2) is 0 Å². The van der Waals surface area contributed by atoms with Crippen LogP contribution in [-0.2, 0) is 4.74 Å². The number of halogens is 4. The van der Waals surface area contributed by atoms with Crippen LogP contribution in [0, 0.1) is 19.7 Å². The van der Waals surface area contributed by atoms with Crippen molar-refractivity contribution in [3.8, 4) is 0 Å². The van der Waals surface area contributed by atoms with Gasteiger partial charge >= 0.3 is 6.18 Å². The van der Waals surface area contributed by atoms with Crippen molar-refractivity contribution in [1.82, 2.24) is 0 Å². The second-order valence-corrected chi connectivity index (χ2v) is 4.11. The molecule has 1 rings (SSSR count). The van der Waals surface area contributed by atoms with Crippen LogP contribution in [0.5, 0.6) is 0 Å². The highest BCUT2D eigenvalue weighted by molar-refractivity contribution is 5.31. The van der Waals surface area contributed by atoms with Crippen LogP contribution in [0.25, 0.3) is 0 Å². The average molecular weight is 266 g/mol. The Bertz CT molecular complexity index is 392. The van der Waals surface area contributed by atoms with Crippen LogP contribution < -0.4 is 0 Å². The van der Waals surface area contributed by atoms with E-state index in [9.17, 15) is 22.7 Å². The Labute approximate surface area is 102 Å². The third-order valence-electron chi connectivity index (χ3n) is 2.38. The SMILES string of the molecule is Cc1cc(C(O)COCC(F)(F)F)cc(C)c1F. The van der Waals surface area contributed by atoms with Crippen molar-refractivity contribution in [2.45, 2.75) is 26.1 Å². The molecule has 0 amide bonds. The van der Waals surface area contributed by atoms with E-state index in [0.29, 0.717) is 16.7 Å². The summed E-state index contributed by atoms with van der Waals surface area (Å²) in [6.07, 6.45) is -5.63. The number of aliphatic hydroxyl groups is 1. The van der Waals surface area contributed by atoms with Crippen LogP contribution in [0.3, 0.4) is 0 Å². The Hall–Kier alpha value is -1.14. The summed E-state index contributed by atoms with van der Waals surface area (Å²) >= 11 is 0. The van der Waals surface area contributed by atoms with Crippen LogP contribution in [0.1, 0.15) is 22.8 Å². The van der Waals surface area contributed by atoms with Gasteiger partial charge in [-0.15, -0.1) is 0 Å². The van der Waals surface area contributed by atoms with Gasteiger partial charge in [-0.25, -0.2) is 4.39 Å². The van der Waals surface area contributed by atoms with Crippen LogP contribution >= 0.6 is 0 Å². The first-order valence-corrected chi connectivity index (χ1v) is 5.30. The lowest BCUT2D eigenvalue weighted by molar-refractivity contribution is -0.179. The van der Waals surface area contributed by atoms with Gasteiger partial charge in [-0.1, -0.05) is 12.1 Å². The Balaban J connectivity index is 2.65. The van der Waals surface area contributed by atoms with Gasteiger partial charge in [0.25, 0.3) is 0 Å². The largest absolute Gasteiger partial charge is 0.411 e. The van der Waals surface area contributed by atoms with Crippen molar-refractivity contribution in [3.05, 3.63) is 34.6 Å². The summed E-state index contributed by atoms with van der Waals surface area (Å²) in [5.41, 5.74) is 1.01. The molecule has 1 N–H and O–H groups in total. The molecular formula is C12H14F4O2. The van der Waals surface area contributed by atoms with Crippen molar-refractivity contribution in [1.29, 1.82) is 0 Å². The predicted octanol–water partition coefficient (Wildman–Crippen LogP) is 3.05. The molecule has 0 spiro atoms. The fourth-order valence-corrected chi connectivity index (χ4v) is 1.55. The maximum Gasteiger partial charge on any atom is 0.411 e. The first-order chi connectivity index (χ1) is 8.20. The smallest absolute Gasteiger partial charge is 0.386 e. The molecule has 0 saturated carbocycles. The number of benzene rings is 1. The van der Waals surface area contributed by atoms with Crippen LogP contribution in [0.2, 0.25) is 0 Å². The minimum absolute atomic E-state index is 0.333. The summed E-state index contributed by atoms with van der Waals surface area (Å²) < 4.78 is 53.2. The first-order valence-electron chi connectivity index (χ1n) is 5.30. The molecule has 0 fully saturated rings. The van der Waals surface area contributed by atoms with Crippen molar-refractivity contribution in [2.75, 3.05) is 13.2 Å². The number of ether oxygens (including phenoxy) is 1. The maximum atomic E-state index is 13.3. The third kappa shape index (κ3) is 4.27. The number of alkyl halides is 3. The summed E-state index contributed by atoms with van der Waals surface area (Å²) in [4.78, 5) is 0. The lowest BCUT2D eigenvalue weighted by Gasteiger charge is -2.14. The second-order valence-electron chi connectivity index (χ2n) is 4.11. The van der Waals surface area contributed by atoms with E-state index in [-0.39, 0.29) is 5.82 Å². The molecule has 1 atom stereocenters. The molecule has 0 radical (unpaired) electrons. The average Bonchev–Trinajstić information content (AvgIpc) is 2.23. The monoisotopic (exact) mass is 266 g/mol. The zero-order valence-electron chi connectivity index (χ0n) is 10.0. The van der Waals surface area contributed by atoms with Gasteiger partial charge in [0.05, 0.1) is 6.61 Å². The molecule has 0 aliphatic heterocycles. The molecule has 1 unspecified atom stereocenters. The van der Waals surface area contributed by atoms with E-state index in [1.54, 1.807) is 0 Å². The maximum absolute atomic E-state index is 13.3. The van der Waals surface area contributed by atoms with Crippen molar-refractivity contribution < 1.29 is 27.4 Å². The first kappa shape index (κ1) is 14.9. The van der Waals surface area contributed by atoms with Gasteiger partial charge in [0.2, 0.25) is 0 Å². The van der Waals surface area contributed by atoms with Gasteiger partial charge in [-0.3, -0.25) is 0 Å². The highest BCUT2D eigenvalue weighted by atomic mass is 19.4. The molecule has 0 bridgehead atoms. The Kier molecular flexibility index (Phi) is 4.70. The molecule has 0 aliphatic carbocycles. The third-order valence-corrected chi connectivity index (χ3v) is 2.38. The quantitative estimate of drug-likeness (QED) is 0.849. The summed E-state index contributed by atoms with van der Waals surface area (Å²) in [6, 6.07) is 2.79. The molecule has 0 saturated heterocycles. The van der Waals surface area contributed by atoms with E-state index in [4.69, 9.17) is 0 Å². The molecule has 6 heteroatoms. The summed E-state index contributed by atoms with van der Waals surface area (Å²) in [5, 5.41) is 9.64. The topological polar surface area (TPSA) is 29.5 Å². The predicted molar refractivity (Wildman–Crippen MR) is 57.7 cm³/mol. The summed E-state index contributed by atoms with van der Waals surface area (Å²) in [6.45, 7) is 1.15. The molecular weight excluding hydrogens is 252 g/mol. The van der Waals surface area contributed by atoms with Crippen molar-refractivity contribution >= 4 is 0 Å². The van der Waals surface area contributed by atoms with E-state index >= 15 is 0 Å². The highest BCUT2D eigenvalue weighted by Crippen LogP contribution is 2.21. The molecule has 0 aromatic heterocycles. The van der Waals surface area contributed by atoms with E-state index in [0.717, 1.165) is 0 Å². The normalized spacial score (nSPS) is 13.7. The molecule has 102 valence electrons. The number of hydrogen-bond acceptors (Lipinski definition) is 2. The van der Waals surface area contributed by atoms with E-state index in [2.05, 4.69) is 4.74 Å². The summed E-state index contributed by atoms with van der Waals surface area (Å²) in [7, 11) is 0. The van der Waals surface area contributed by atoms with Crippen molar-refractivity contribution in [3.63, 3.8) is 0 Å². The lowest BCUT2D eigenvalue weighted by Crippen LogP contribution is -2.19. The van der Waals surface area contributed by atoms with Gasteiger partial charge in [-0.2, -0.15) is 13.2 Å². The zero-order chi connectivity index (χ0) is 13.9. The lowest BCUT2D eigenvalue weighted by atomic mass is 10.0. The van der Waals surface area contributed by atoms with Crippen LogP contribution in [0.15, 0.2) is 12.1 Å². The molecule has 1 aromatic rings. The van der Waals surface area contributed by atoms with E-state index in [1.165, 1.54) is 26.0 Å². The minimum Gasteiger partial charge on any atom is -0.386 e. The van der Waals surface area contributed by atoms with E-state index in [1.807, 2.05) is 0 Å². The fourth-order valence-electron chi connectivity index (χ4n) is 1.55. The van der Waals surface area contributed by atoms with Crippen LogP contribution in [-0.4, -0.2) is 24.5 Å². The van der Waals surface area contributed by atoms with Gasteiger partial charge in [0, 0.05) is 0 Å². The van der Waals surface area contributed by atoms with Crippen molar-refractivity contribution in [2.24, 2.45) is 0 Å². The molecule has 0 heterocycles. The Morgan fingerprint density at radius 2 is 1.72 bits per heavy atom. The van der Waals surface area contributed by atoms with Crippen LogP contribution in [0.4, 0.5) is 17.6 Å². The summed E-state index contributed by atoms with van der Waals surface area (Å²) in [5.74, 6) is -0.387. The molecule has 18 heavy (non-hydrogen) atoms. The number of hydrogen-bond donors (Lipinski definition) is 1. The second kappa shape index (κ2) is 5.67. The Morgan fingerprint density at radius 1 is 1.22 bits per heavy atom. The Morgan fingerprint density at radius 3 is 2.17 bits per heavy atom. The minimum atomic E-state index is -4.42. The van der Waals surface area contributed by atoms with Gasteiger partial charge < -0.3 is 9.84 Å². The van der Waals surface area contributed by atoms with E-state index < -0.39 is 25.5 Å². The molecule has 0 aliphatic rings. The van der Waals surface area contributed by atoms with Gasteiger partial charge in [0.1, 0.15) is 18.5 Å². The zero-order valence-corrected chi connectivity index (χ0v) is 10.0. The molecule has 2 nitrogen and oxygen atoms in total. The highest BCUT2D eigenvalue weighted by Gasteiger charge is 2.28. The fraction of sp³-hybridized carbons (Fsp3) is 0.500. The standard InChI is InChI=1S/C12H14F4O2/c1-7-3-9(4-8(2)11(7)13)10(17)5-18-6-12(14,15)16/h3-4,10,17H,5-6H2,1-2H3.